The Bertz CT molecular complexity index is 1050. The zero-order valence-electron chi connectivity index (χ0n) is 18.5. The van der Waals surface area contributed by atoms with Crippen molar-refractivity contribution in [3.8, 4) is 0 Å². The highest BCUT2D eigenvalue weighted by Gasteiger charge is 2.53. The highest BCUT2D eigenvalue weighted by Crippen LogP contribution is 2.55. The number of nitrogens with zero attached hydrogens (tertiary/aromatic N) is 2. The average molecular weight is 488 g/mol. The molecule has 1 heterocycles. The summed E-state index contributed by atoms with van der Waals surface area (Å²) in [4.78, 5) is 7.00. The molecule has 0 unspecified atom stereocenters. The molecule has 9 heteroatoms. The Morgan fingerprint density at radius 1 is 0.758 bits per heavy atom. The molecule has 0 aliphatic rings. The maximum absolute atomic E-state index is 8.60. The van der Waals surface area contributed by atoms with Gasteiger partial charge in [0.2, 0.25) is 0 Å². The Kier molecular flexibility index (Phi) is 7.87. The highest BCUT2D eigenvalue weighted by atomic mass is 35.7. The molecule has 4 rings (SSSR count). The fourth-order valence-corrected chi connectivity index (χ4v) is 7.99. The molecule has 1 aromatic heterocycles. The third kappa shape index (κ3) is 5.78. The van der Waals surface area contributed by atoms with Gasteiger partial charge in [0.05, 0.1) is 14.9 Å². The number of rotatable bonds is 5. The van der Waals surface area contributed by atoms with Gasteiger partial charge >= 0.3 is 0 Å². The van der Waals surface area contributed by atoms with E-state index >= 15 is 0 Å². The van der Waals surface area contributed by atoms with Gasteiger partial charge in [0.1, 0.15) is 15.9 Å². The molecule has 0 aliphatic carbocycles. The van der Waals surface area contributed by atoms with Crippen LogP contribution >= 0.6 is 7.26 Å². The number of halogens is 1. The molecule has 33 heavy (non-hydrogen) atoms. The second-order valence-corrected chi connectivity index (χ2v) is 11.4. The summed E-state index contributed by atoms with van der Waals surface area (Å²) in [6, 6.07) is 32.2. The topological polar surface area (TPSA) is 119 Å². The quantitative estimate of drug-likeness (QED) is 0.378. The minimum absolute atomic E-state index is 0.686. The highest BCUT2D eigenvalue weighted by molar-refractivity contribution is 8.01. The summed E-state index contributed by atoms with van der Waals surface area (Å²) in [6.07, 6.45) is 0. The van der Waals surface area contributed by atoms with Gasteiger partial charge < -0.3 is 9.32 Å². The Labute approximate surface area is 195 Å². The van der Waals surface area contributed by atoms with Gasteiger partial charge in [-0.25, -0.2) is 0 Å². The van der Waals surface area contributed by atoms with E-state index in [2.05, 4.69) is 91.0 Å². The number of aryl methyl sites for hydroxylation is 1. The van der Waals surface area contributed by atoms with E-state index in [1.165, 1.54) is 15.9 Å². The molecule has 0 radical (unpaired) electrons. The van der Waals surface area contributed by atoms with Gasteiger partial charge in [0, 0.05) is 21.0 Å². The molecule has 0 saturated heterocycles. The van der Waals surface area contributed by atoms with E-state index in [1.54, 1.807) is 0 Å². The first-order chi connectivity index (χ1) is 15.6. The molecule has 0 spiro atoms. The Balaban J connectivity index is 0.000000555. The standard InChI is InChI=1S/C24H24N2OP.ClHO4/c1-19-25-23(24(27-19)26(2)3)28(20-13-7-4-8-14-20,21-15-9-5-10-16-21)22-17-11-6-12-18-22;2-1(3,4)5/h4-18H,1-3H3;(H,2,3,4,5)/q+1;. The molecule has 7 nitrogen and oxygen atoms in total. The van der Waals surface area contributed by atoms with Gasteiger partial charge in [-0.2, -0.15) is 19.0 Å². The van der Waals surface area contributed by atoms with E-state index in [0.29, 0.717) is 5.89 Å². The lowest BCUT2D eigenvalue weighted by Crippen LogP contribution is -2.58. The molecule has 0 bridgehead atoms. The Morgan fingerprint density at radius 3 is 1.39 bits per heavy atom. The Morgan fingerprint density at radius 2 is 1.09 bits per heavy atom. The van der Waals surface area contributed by atoms with E-state index in [-0.39, 0.29) is 0 Å². The summed E-state index contributed by atoms with van der Waals surface area (Å²) in [5.41, 5.74) is 1.01. The normalized spacial score (nSPS) is 11.5. The molecule has 4 aromatic rings. The van der Waals surface area contributed by atoms with Gasteiger partial charge in [-0.3, -0.25) is 0 Å². The number of hydrogen-bond acceptors (Lipinski definition) is 7. The van der Waals surface area contributed by atoms with Gasteiger partial charge in [0.15, 0.2) is 13.2 Å². The molecule has 0 amide bonds. The van der Waals surface area contributed by atoms with Crippen LogP contribution < -0.4 is 40.2 Å². The molecule has 0 saturated carbocycles. The zero-order valence-corrected chi connectivity index (χ0v) is 20.1. The lowest BCUT2D eigenvalue weighted by atomic mass is 10.4. The number of oxazole rings is 1. The van der Waals surface area contributed by atoms with Crippen LogP contribution in [0, 0.1) is 17.2 Å². The number of anilines is 1. The third-order valence-corrected chi connectivity index (χ3v) is 9.00. The third-order valence-electron chi connectivity index (χ3n) is 4.85. The molecule has 1 N–H and O–H groups in total. The lowest BCUT2D eigenvalue weighted by Gasteiger charge is -2.26. The fourth-order valence-electron chi connectivity index (χ4n) is 3.68. The Hall–Kier alpha value is -2.77. The maximum Gasteiger partial charge on any atom is 0.261 e. The van der Waals surface area contributed by atoms with Crippen molar-refractivity contribution in [2.75, 3.05) is 19.0 Å². The van der Waals surface area contributed by atoms with E-state index in [9.17, 15) is 0 Å². The number of hydrogen-bond donors (Lipinski definition) is 1. The first-order valence-electron chi connectivity index (χ1n) is 9.98. The molecule has 0 atom stereocenters. The van der Waals surface area contributed by atoms with Crippen LogP contribution in [0.1, 0.15) is 5.89 Å². The molecular formula is C24H25ClN2O5P+. The summed E-state index contributed by atoms with van der Waals surface area (Å²) in [6.45, 7) is 1.92. The van der Waals surface area contributed by atoms with Gasteiger partial charge in [-0.15, -0.1) is 0 Å². The van der Waals surface area contributed by atoms with Crippen LogP contribution in [0.15, 0.2) is 95.4 Å². The second-order valence-electron chi connectivity index (χ2n) is 7.33. The first kappa shape index (κ1) is 24.9. The maximum atomic E-state index is 8.60. The van der Waals surface area contributed by atoms with Crippen LogP contribution in [-0.4, -0.2) is 23.7 Å². The second kappa shape index (κ2) is 10.4. The van der Waals surface area contributed by atoms with Crippen molar-refractivity contribution in [1.82, 2.24) is 4.98 Å². The molecule has 3 aromatic carbocycles. The van der Waals surface area contributed by atoms with Crippen LogP contribution in [0.4, 0.5) is 5.88 Å². The van der Waals surface area contributed by atoms with E-state index in [1.807, 2.05) is 25.9 Å². The zero-order chi connectivity index (χ0) is 24.1. The van der Waals surface area contributed by atoms with Crippen LogP contribution in [0.2, 0.25) is 0 Å². The number of aromatic nitrogens is 1. The summed E-state index contributed by atoms with van der Waals surface area (Å²) in [5.74, 6) is 1.51. The van der Waals surface area contributed by atoms with Crippen LogP contribution in [0.3, 0.4) is 0 Å². The fraction of sp³-hybridized carbons (Fsp3) is 0.125. The van der Waals surface area contributed by atoms with Crippen LogP contribution in [0.5, 0.6) is 0 Å². The SMILES string of the molecule is Cc1nc([P+](c2ccccc2)(c2ccccc2)c2ccccc2)c(N(C)C)o1.[O-][Cl+3]([O-])([O-])O. The molecule has 0 aliphatic heterocycles. The first-order valence-corrected chi connectivity index (χ1v) is 13.0. The molecular weight excluding hydrogens is 463 g/mol. The molecule has 0 fully saturated rings. The number of benzene rings is 3. The van der Waals surface area contributed by atoms with Crippen molar-refractivity contribution in [3.05, 3.63) is 96.9 Å². The van der Waals surface area contributed by atoms with Crippen molar-refractivity contribution in [2.45, 2.75) is 6.92 Å². The van der Waals surface area contributed by atoms with Crippen molar-refractivity contribution in [3.63, 3.8) is 0 Å². The minimum atomic E-state index is -4.69. The lowest BCUT2D eigenvalue weighted by molar-refractivity contribution is -1.92. The summed E-state index contributed by atoms with van der Waals surface area (Å²) in [7, 11) is -2.89. The van der Waals surface area contributed by atoms with Crippen molar-refractivity contribution >= 4 is 34.5 Å². The summed E-state index contributed by atoms with van der Waals surface area (Å²) < 4.78 is 38.8. The van der Waals surface area contributed by atoms with Crippen molar-refractivity contribution < 1.29 is 33.3 Å². The van der Waals surface area contributed by atoms with E-state index in [4.69, 9.17) is 28.0 Å². The summed E-state index contributed by atoms with van der Waals surface area (Å²) >= 11 is 0. The van der Waals surface area contributed by atoms with Crippen molar-refractivity contribution in [1.29, 1.82) is 0 Å². The van der Waals surface area contributed by atoms with Gasteiger partial charge in [-0.05, 0) is 36.4 Å². The summed E-state index contributed by atoms with van der Waals surface area (Å²) in [5, 5.41) is 3.80. The van der Waals surface area contributed by atoms with E-state index < -0.39 is 17.5 Å². The predicted molar refractivity (Wildman–Crippen MR) is 123 cm³/mol. The van der Waals surface area contributed by atoms with E-state index in [0.717, 1.165) is 11.3 Å². The monoisotopic (exact) mass is 487 g/mol. The predicted octanol–water partition coefficient (Wildman–Crippen LogP) is -0.456. The largest absolute Gasteiger partial charge is 0.421 e. The van der Waals surface area contributed by atoms with Crippen LogP contribution in [-0.2, 0) is 0 Å². The molecule has 172 valence electrons. The van der Waals surface area contributed by atoms with Gasteiger partial charge in [0.25, 0.3) is 11.3 Å². The smallest absolute Gasteiger partial charge is 0.261 e. The van der Waals surface area contributed by atoms with Crippen LogP contribution in [0.25, 0.3) is 0 Å². The van der Waals surface area contributed by atoms with Crippen molar-refractivity contribution in [2.24, 2.45) is 0 Å². The van der Waals surface area contributed by atoms with Gasteiger partial charge in [-0.1, -0.05) is 54.6 Å². The average Bonchev–Trinajstić information content (AvgIpc) is 3.18. The minimum Gasteiger partial charge on any atom is -0.421 e.